The van der Waals surface area contributed by atoms with E-state index in [1.807, 2.05) is 12.3 Å². The minimum atomic E-state index is -0.448. The molecule has 1 amide bonds. The topological polar surface area (TPSA) is 60.7 Å². The molecule has 0 aliphatic rings. The van der Waals surface area contributed by atoms with E-state index in [2.05, 4.69) is 4.99 Å². The van der Waals surface area contributed by atoms with Gasteiger partial charge in [-0.3, -0.25) is 9.59 Å². The van der Waals surface area contributed by atoms with E-state index in [1.165, 1.54) is 23.1 Å². The van der Waals surface area contributed by atoms with Crippen molar-refractivity contribution in [2.24, 2.45) is 4.99 Å². The number of rotatable bonds is 5. The van der Waals surface area contributed by atoms with Gasteiger partial charge in [-0.1, -0.05) is 40.6 Å². The molecule has 2 aromatic carbocycles. The zero-order chi connectivity index (χ0) is 20.3. The Labute approximate surface area is 179 Å². The zero-order valence-electron chi connectivity index (χ0n) is 15.1. The molecule has 0 saturated heterocycles. The van der Waals surface area contributed by atoms with Crippen LogP contribution in [0.1, 0.15) is 17.3 Å². The molecule has 3 aromatic rings. The lowest BCUT2D eigenvalue weighted by Crippen LogP contribution is -2.23. The third-order valence-corrected chi connectivity index (χ3v) is 6.40. The lowest BCUT2D eigenvalue weighted by Gasteiger charge is -2.06. The molecule has 28 heavy (non-hydrogen) atoms. The first-order valence-electron chi connectivity index (χ1n) is 8.30. The molecule has 0 bridgehead atoms. The van der Waals surface area contributed by atoms with Gasteiger partial charge < -0.3 is 9.30 Å². The first-order chi connectivity index (χ1) is 13.4. The Morgan fingerprint density at radius 2 is 1.96 bits per heavy atom. The van der Waals surface area contributed by atoms with Gasteiger partial charge in [0.25, 0.3) is 5.91 Å². The second-order valence-corrected chi connectivity index (χ2v) is 8.30. The molecular weight excluding hydrogens is 439 g/mol. The minimum Gasteiger partial charge on any atom is -0.465 e. The molecule has 0 aliphatic carbocycles. The highest BCUT2D eigenvalue weighted by molar-refractivity contribution is 7.98. The van der Waals surface area contributed by atoms with Gasteiger partial charge in [-0.2, -0.15) is 4.99 Å². The Morgan fingerprint density at radius 3 is 2.68 bits per heavy atom. The number of hydrogen-bond donors (Lipinski definition) is 0. The molecular formula is C19H16Cl2N2O3S2. The molecule has 1 aromatic heterocycles. The fourth-order valence-corrected chi connectivity index (χ4v) is 4.69. The van der Waals surface area contributed by atoms with Gasteiger partial charge in [0.05, 0.1) is 26.9 Å². The molecule has 1 heterocycles. The summed E-state index contributed by atoms with van der Waals surface area (Å²) < 4.78 is 7.28. The summed E-state index contributed by atoms with van der Waals surface area (Å²) in [6, 6.07) is 10.5. The highest BCUT2D eigenvalue weighted by Crippen LogP contribution is 2.32. The van der Waals surface area contributed by atoms with Gasteiger partial charge >= 0.3 is 5.97 Å². The fraction of sp³-hybridized carbons (Fsp3) is 0.211. The van der Waals surface area contributed by atoms with Crippen LogP contribution in [-0.4, -0.2) is 29.3 Å². The van der Waals surface area contributed by atoms with Gasteiger partial charge in [0.2, 0.25) is 0 Å². The molecule has 0 fully saturated rings. The van der Waals surface area contributed by atoms with Crippen LogP contribution >= 0.6 is 46.3 Å². The van der Waals surface area contributed by atoms with Crippen molar-refractivity contribution in [2.75, 3.05) is 12.9 Å². The average molecular weight is 455 g/mol. The van der Waals surface area contributed by atoms with Crippen LogP contribution in [0.3, 0.4) is 0 Å². The highest BCUT2D eigenvalue weighted by atomic mass is 35.5. The summed E-state index contributed by atoms with van der Waals surface area (Å²) in [6.07, 6.45) is 1.93. The van der Waals surface area contributed by atoms with Crippen molar-refractivity contribution in [3.63, 3.8) is 0 Å². The number of carbonyl (C=O) groups excluding carboxylic acids is 2. The normalized spacial score (nSPS) is 11.8. The summed E-state index contributed by atoms with van der Waals surface area (Å²) in [5.41, 5.74) is 1.01. The van der Waals surface area contributed by atoms with E-state index < -0.39 is 11.9 Å². The summed E-state index contributed by atoms with van der Waals surface area (Å²) in [4.78, 5) is 30.4. The SMILES string of the molecule is CCOC(=O)Cn1c(=NC(=O)c2cccc(SC)c2)sc2c(Cl)ccc(Cl)c21. The van der Waals surface area contributed by atoms with E-state index in [9.17, 15) is 9.59 Å². The van der Waals surface area contributed by atoms with Crippen molar-refractivity contribution >= 4 is 68.4 Å². The number of aromatic nitrogens is 1. The highest BCUT2D eigenvalue weighted by Gasteiger charge is 2.17. The number of fused-ring (bicyclic) bond motifs is 1. The predicted molar refractivity (Wildman–Crippen MR) is 115 cm³/mol. The fourth-order valence-electron chi connectivity index (χ4n) is 2.59. The number of ether oxygens (including phenoxy) is 1. The lowest BCUT2D eigenvalue weighted by atomic mass is 10.2. The molecule has 0 aliphatic heterocycles. The van der Waals surface area contributed by atoms with Crippen molar-refractivity contribution < 1.29 is 14.3 Å². The van der Waals surface area contributed by atoms with Crippen LogP contribution in [0.5, 0.6) is 0 Å². The second kappa shape index (κ2) is 9.13. The molecule has 9 heteroatoms. The number of amides is 1. The molecule has 0 spiro atoms. The summed E-state index contributed by atoms with van der Waals surface area (Å²) in [6.45, 7) is 1.86. The van der Waals surface area contributed by atoms with Crippen molar-refractivity contribution in [2.45, 2.75) is 18.4 Å². The zero-order valence-corrected chi connectivity index (χ0v) is 18.2. The van der Waals surface area contributed by atoms with Crippen LogP contribution in [0, 0.1) is 0 Å². The quantitative estimate of drug-likeness (QED) is 0.400. The number of halogens is 2. The maximum absolute atomic E-state index is 12.7. The van der Waals surface area contributed by atoms with Crippen molar-refractivity contribution in [3.05, 3.63) is 56.8 Å². The molecule has 5 nitrogen and oxygen atoms in total. The van der Waals surface area contributed by atoms with Gasteiger partial charge in [0.1, 0.15) is 6.54 Å². The Hall–Kier alpha value is -1.80. The van der Waals surface area contributed by atoms with Crippen molar-refractivity contribution in [3.8, 4) is 0 Å². The number of nitrogens with zero attached hydrogens (tertiary/aromatic N) is 2. The van der Waals surface area contributed by atoms with Crippen LogP contribution in [0.25, 0.3) is 10.2 Å². The van der Waals surface area contributed by atoms with E-state index in [-0.39, 0.29) is 13.2 Å². The molecule has 0 radical (unpaired) electrons. The van der Waals surface area contributed by atoms with E-state index in [0.29, 0.717) is 30.6 Å². The molecule has 0 atom stereocenters. The Morgan fingerprint density at radius 1 is 1.21 bits per heavy atom. The van der Waals surface area contributed by atoms with Crippen LogP contribution in [0.4, 0.5) is 0 Å². The first kappa shape index (κ1) is 20.9. The van der Waals surface area contributed by atoms with Crippen LogP contribution in [-0.2, 0) is 16.1 Å². The number of carbonyl (C=O) groups is 2. The monoisotopic (exact) mass is 454 g/mol. The van der Waals surface area contributed by atoms with Crippen LogP contribution in [0.15, 0.2) is 46.3 Å². The second-order valence-electron chi connectivity index (χ2n) is 5.63. The van der Waals surface area contributed by atoms with E-state index in [1.54, 1.807) is 41.8 Å². The maximum Gasteiger partial charge on any atom is 0.326 e. The van der Waals surface area contributed by atoms with Crippen LogP contribution in [0.2, 0.25) is 10.0 Å². The molecule has 0 unspecified atom stereocenters. The van der Waals surface area contributed by atoms with Gasteiger partial charge in [0.15, 0.2) is 4.80 Å². The third-order valence-electron chi connectivity index (χ3n) is 3.83. The van der Waals surface area contributed by atoms with E-state index in [4.69, 9.17) is 27.9 Å². The number of hydrogen-bond acceptors (Lipinski definition) is 5. The Bertz CT molecular complexity index is 1120. The average Bonchev–Trinajstić information content (AvgIpc) is 3.04. The first-order valence-corrected chi connectivity index (χ1v) is 11.1. The van der Waals surface area contributed by atoms with Gasteiger partial charge in [0, 0.05) is 10.5 Å². The molecule has 146 valence electrons. The standard InChI is InChI=1S/C19H16Cl2N2O3S2/c1-3-26-15(24)10-23-16-13(20)7-8-14(21)17(16)28-19(23)22-18(25)11-5-4-6-12(9-11)27-2/h4-9H,3,10H2,1-2H3. The van der Waals surface area contributed by atoms with Crippen molar-refractivity contribution in [1.29, 1.82) is 0 Å². The lowest BCUT2D eigenvalue weighted by molar-refractivity contribution is -0.143. The molecule has 0 N–H and O–H groups in total. The maximum atomic E-state index is 12.7. The summed E-state index contributed by atoms with van der Waals surface area (Å²) in [7, 11) is 0. The van der Waals surface area contributed by atoms with Gasteiger partial charge in [-0.15, -0.1) is 11.8 Å². The van der Waals surface area contributed by atoms with Crippen LogP contribution < -0.4 is 4.80 Å². The van der Waals surface area contributed by atoms with E-state index in [0.717, 1.165) is 4.90 Å². The van der Waals surface area contributed by atoms with Crippen molar-refractivity contribution in [1.82, 2.24) is 4.57 Å². The minimum absolute atomic E-state index is 0.120. The number of thioether (sulfide) groups is 1. The Kier molecular flexibility index (Phi) is 6.82. The van der Waals surface area contributed by atoms with E-state index >= 15 is 0 Å². The number of esters is 1. The molecule has 0 saturated carbocycles. The van der Waals surface area contributed by atoms with Gasteiger partial charge in [-0.05, 0) is 43.5 Å². The summed E-state index contributed by atoms with van der Waals surface area (Å²) >= 11 is 15.4. The van der Waals surface area contributed by atoms with Gasteiger partial charge in [-0.25, -0.2) is 0 Å². The largest absolute Gasteiger partial charge is 0.465 e. The smallest absolute Gasteiger partial charge is 0.326 e. The number of thiazole rings is 1. The summed E-state index contributed by atoms with van der Waals surface area (Å²) in [5.74, 6) is -0.858. The Balaban J connectivity index is 2.17. The third kappa shape index (κ3) is 4.43. The number of benzene rings is 2. The molecule has 3 rings (SSSR count). The summed E-state index contributed by atoms with van der Waals surface area (Å²) in [5, 5.41) is 0.888. The predicted octanol–water partition coefficient (Wildman–Crippen LogP) is 5.04.